The van der Waals surface area contributed by atoms with Crippen molar-refractivity contribution in [2.75, 3.05) is 50.2 Å². The van der Waals surface area contributed by atoms with Crippen LogP contribution in [0.15, 0.2) is 24.8 Å². The van der Waals surface area contributed by atoms with Crippen molar-refractivity contribution in [1.82, 2.24) is 19.9 Å². The number of hydrogen-bond donors (Lipinski definition) is 2. The largest absolute Gasteiger partial charge is 0.576 e. The molecule has 15 heteroatoms. The van der Waals surface area contributed by atoms with E-state index in [4.69, 9.17) is 9.31 Å². The average molecular weight is 516 g/mol. The average Bonchev–Trinajstić information content (AvgIpc) is 2.94. The normalized spacial score (nSPS) is 18.5. The highest BCUT2D eigenvalue weighted by Gasteiger charge is 2.42. The lowest BCUT2D eigenvalue weighted by molar-refractivity contribution is -0.164. The summed E-state index contributed by atoms with van der Waals surface area (Å²) in [5.41, 5.74) is -2.95. The minimum atomic E-state index is -1.48. The Morgan fingerprint density at radius 2 is 1.05 bits per heavy atom. The van der Waals surface area contributed by atoms with E-state index in [-0.39, 0.29) is 33.4 Å². The first-order chi connectivity index (χ1) is 17.8. The number of aliphatic hydroxyl groups is 2. The summed E-state index contributed by atoms with van der Waals surface area (Å²) >= 11 is 0. The number of methoxy groups -OCH3 is 2. The zero-order valence-corrected chi connectivity index (χ0v) is 20.7. The van der Waals surface area contributed by atoms with Crippen LogP contribution in [0.3, 0.4) is 0 Å². The maximum Gasteiger partial charge on any atom is 0.576 e. The molecule has 14 nitrogen and oxygen atoms in total. The Kier molecular flexibility index (Phi) is 7.93. The van der Waals surface area contributed by atoms with Crippen LogP contribution in [-0.4, -0.2) is 101 Å². The Morgan fingerprint density at radius 3 is 1.35 bits per heavy atom. The molecule has 37 heavy (non-hydrogen) atoms. The van der Waals surface area contributed by atoms with Crippen molar-refractivity contribution in [3.8, 4) is 11.5 Å². The van der Waals surface area contributed by atoms with Crippen molar-refractivity contribution < 1.29 is 38.6 Å². The second kappa shape index (κ2) is 11.1. The fourth-order valence-electron chi connectivity index (χ4n) is 4.20. The minimum absolute atomic E-state index is 0.114. The molecule has 2 aliphatic rings. The van der Waals surface area contributed by atoms with Gasteiger partial charge in [0.2, 0.25) is 11.9 Å². The molecule has 0 amide bonds. The van der Waals surface area contributed by atoms with Gasteiger partial charge in [-0.15, -0.1) is 0 Å². The van der Waals surface area contributed by atoms with Crippen LogP contribution in [0.1, 0.15) is 25.7 Å². The van der Waals surface area contributed by atoms with Crippen LogP contribution < -0.4 is 19.1 Å². The molecule has 0 unspecified atom stereocenters. The molecule has 0 saturated carbocycles. The highest BCUT2D eigenvalue weighted by atomic mass is 16.6. The topological polar surface area (TPSA) is 170 Å². The predicted molar refractivity (Wildman–Crippen MR) is 129 cm³/mol. The Bertz CT molecular complexity index is 988. The van der Waals surface area contributed by atoms with Crippen molar-refractivity contribution in [1.29, 1.82) is 0 Å². The summed E-state index contributed by atoms with van der Waals surface area (Å²) in [4.78, 5) is 44.4. The third kappa shape index (κ3) is 5.99. The van der Waals surface area contributed by atoms with Gasteiger partial charge in [0.05, 0.1) is 39.0 Å². The summed E-state index contributed by atoms with van der Waals surface area (Å²) in [6.07, 6.45) is 6.95. The predicted octanol–water partition coefficient (Wildman–Crippen LogP) is -1.00. The summed E-state index contributed by atoms with van der Waals surface area (Å²) < 4.78 is 20.4. The molecule has 4 heterocycles. The number of rotatable bonds is 8. The second-order valence-electron chi connectivity index (χ2n) is 8.86. The number of aromatic nitrogens is 4. The van der Waals surface area contributed by atoms with Crippen molar-refractivity contribution in [3.63, 3.8) is 0 Å². The molecule has 2 aromatic heterocycles. The van der Waals surface area contributed by atoms with Crippen LogP contribution in [0.4, 0.5) is 11.9 Å². The number of hydrogen-bond acceptors (Lipinski definition) is 14. The number of esters is 2. The Labute approximate surface area is 213 Å². The summed E-state index contributed by atoms with van der Waals surface area (Å²) in [5, 5.41) is 20.7. The van der Waals surface area contributed by atoms with Crippen LogP contribution in [0.5, 0.6) is 11.5 Å². The van der Waals surface area contributed by atoms with Gasteiger partial charge in [0.25, 0.3) is 0 Å². The second-order valence-corrected chi connectivity index (χ2v) is 8.86. The van der Waals surface area contributed by atoms with E-state index in [0.29, 0.717) is 49.6 Å². The van der Waals surface area contributed by atoms with Gasteiger partial charge in [0.1, 0.15) is 11.5 Å². The van der Waals surface area contributed by atoms with Crippen molar-refractivity contribution >= 4 is 31.5 Å². The van der Waals surface area contributed by atoms with E-state index in [1.54, 1.807) is 0 Å². The molecule has 2 aliphatic heterocycles. The smallest absolute Gasteiger partial charge is 0.526 e. The summed E-state index contributed by atoms with van der Waals surface area (Å²) in [6.45, 7) is 1.64. The van der Waals surface area contributed by atoms with Gasteiger partial charge < -0.3 is 38.8 Å². The van der Waals surface area contributed by atoms with Crippen LogP contribution >= 0.6 is 0 Å². The number of piperidine rings is 2. The molecular weight excluding hydrogens is 487 g/mol. The number of nitrogens with zero attached hydrogens (tertiary/aromatic N) is 6. The number of carbonyl (C=O) groups is 2. The molecule has 2 saturated heterocycles. The van der Waals surface area contributed by atoms with Crippen molar-refractivity contribution in [2.45, 2.75) is 36.9 Å². The highest BCUT2D eigenvalue weighted by molar-refractivity contribution is 6.20. The number of carbonyl (C=O) groups excluding carboxylic acids is 2. The van der Waals surface area contributed by atoms with Gasteiger partial charge in [-0.3, -0.25) is 0 Å². The monoisotopic (exact) mass is 516 g/mol. The molecule has 4 rings (SSSR count). The minimum Gasteiger partial charge on any atom is -0.526 e. The van der Waals surface area contributed by atoms with Crippen molar-refractivity contribution in [2.24, 2.45) is 0 Å². The van der Waals surface area contributed by atoms with E-state index in [9.17, 15) is 19.8 Å². The maximum atomic E-state index is 11.7. The quantitative estimate of drug-likeness (QED) is 0.323. The molecule has 0 aromatic carbocycles. The summed E-state index contributed by atoms with van der Waals surface area (Å²) in [6, 6.07) is 0. The van der Waals surface area contributed by atoms with E-state index >= 15 is 0 Å². The first kappa shape index (κ1) is 26.4. The Morgan fingerprint density at radius 1 is 0.730 bits per heavy atom. The molecule has 2 N–H and O–H groups in total. The van der Waals surface area contributed by atoms with Gasteiger partial charge in [0, 0.05) is 51.9 Å². The van der Waals surface area contributed by atoms with Crippen molar-refractivity contribution in [3.05, 3.63) is 24.8 Å². The third-order valence-electron chi connectivity index (χ3n) is 6.56. The Hall–Kier alpha value is -3.72. The molecule has 2 aromatic rings. The van der Waals surface area contributed by atoms with Crippen LogP contribution in [-0.2, 0) is 19.1 Å². The lowest BCUT2D eigenvalue weighted by Gasteiger charge is -2.36. The molecule has 198 valence electrons. The molecular formula is C22H29BN6O8. The number of anilines is 2. The van der Waals surface area contributed by atoms with E-state index in [1.807, 2.05) is 9.80 Å². The molecule has 0 radical (unpaired) electrons. The Balaban J connectivity index is 1.21. The summed E-state index contributed by atoms with van der Waals surface area (Å²) in [5.74, 6) is 0.471. The lowest BCUT2D eigenvalue weighted by Crippen LogP contribution is -2.50. The van der Waals surface area contributed by atoms with Gasteiger partial charge in [-0.1, -0.05) is 0 Å². The van der Waals surface area contributed by atoms with Gasteiger partial charge in [0.15, 0.2) is 11.2 Å². The van der Waals surface area contributed by atoms with E-state index in [2.05, 4.69) is 29.4 Å². The zero-order valence-electron chi connectivity index (χ0n) is 20.7. The van der Waals surface area contributed by atoms with Gasteiger partial charge >= 0.3 is 19.6 Å². The van der Waals surface area contributed by atoms with E-state index in [0.717, 1.165) is 0 Å². The van der Waals surface area contributed by atoms with Gasteiger partial charge in [-0.05, 0) is 0 Å². The van der Waals surface area contributed by atoms with Crippen LogP contribution in [0.2, 0.25) is 0 Å². The maximum absolute atomic E-state index is 11.7. The fraction of sp³-hybridized carbons (Fsp3) is 0.545. The molecule has 2 fully saturated rings. The first-order valence-corrected chi connectivity index (χ1v) is 11.8. The standard InChI is InChI=1S/C22H29BN6O8/c1-34-17(30)21(32)3-7-28(8-4-21)19-24-11-15(12-25-19)36-23-37-16-13-26-20(27-14-16)29-9-5-22(33,6-10-29)18(31)35-2/h11-14,23,32-33H,3-10H2,1-2H3. The van der Waals surface area contributed by atoms with Gasteiger partial charge in [-0.25, -0.2) is 29.5 Å². The van der Waals surface area contributed by atoms with E-state index < -0.39 is 23.1 Å². The molecule has 0 spiro atoms. The van der Waals surface area contributed by atoms with Crippen LogP contribution in [0.25, 0.3) is 0 Å². The summed E-state index contributed by atoms with van der Waals surface area (Å²) in [7, 11) is 2.40. The van der Waals surface area contributed by atoms with Crippen LogP contribution in [0, 0.1) is 0 Å². The molecule has 0 bridgehead atoms. The third-order valence-corrected chi connectivity index (χ3v) is 6.56. The lowest BCUT2D eigenvalue weighted by atomic mass is 9.92. The van der Waals surface area contributed by atoms with E-state index in [1.165, 1.54) is 39.0 Å². The zero-order chi connectivity index (χ0) is 26.5. The number of ether oxygens (including phenoxy) is 2. The van der Waals surface area contributed by atoms with Gasteiger partial charge in [-0.2, -0.15) is 0 Å². The first-order valence-electron chi connectivity index (χ1n) is 11.8. The molecule has 0 aliphatic carbocycles. The molecule has 0 atom stereocenters. The highest BCUT2D eigenvalue weighted by Crippen LogP contribution is 2.27. The fourth-order valence-corrected chi connectivity index (χ4v) is 4.20. The SMILES string of the molecule is COC(=O)C1(O)CCN(c2ncc(OBOc3cnc(N4CCC(O)(C(=O)OC)CC4)nc3)cn2)CC1.